The molecule has 0 saturated carbocycles. The van der Waals surface area contributed by atoms with Crippen molar-refractivity contribution in [2.45, 2.75) is 47.1 Å². The predicted molar refractivity (Wildman–Crippen MR) is 82.0 cm³/mol. The van der Waals surface area contributed by atoms with Gasteiger partial charge in [0.05, 0.1) is 5.70 Å². The third-order valence-corrected chi connectivity index (χ3v) is 2.25. The van der Waals surface area contributed by atoms with Crippen molar-refractivity contribution in [3.63, 3.8) is 0 Å². The first-order chi connectivity index (χ1) is 8.56. The van der Waals surface area contributed by atoms with Crippen molar-refractivity contribution in [2.24, 2.45) is 10.7 Å². The maximum absolute atomic E-state index is 5.80. The van der Waals surface area contributed by atoms with Gasteiger partial charge in [0.15, 0.2) is 0 Å². The zero-order chi connectivity index (χ0) is 14.0. The van der Waals surface area contributed by atoms with Gasteiger partial charge < -0.3 is 5.73 Å². The van der Waals surface area contributed by atoms with Crippen LogP contribution in [0.25, 0.3) is 0 Å². The van der Waals surface area contributed by atoms with Crippen LogP contribution in [0.2, 0.25) is 0 Å². The Morgan fingerprint density at radius 1 is 1.28 bits per heavy atom. The molecule has 0 aliphatic carbocycles. The van der Waals surface area contributed by atoms with Gasteiger partial charge in [0.1, 0.15) is 0 Å². The van der Waals surface area contributed by atoms with Crippen molar-refractivity contribution in [1.82, 2.24) is 0 Å². The molecule has 1 rings (SSSR count). The fourth-order valence-corrected chi connectivity index (χ4v) is 1.37. The normalized spacial score (nSPS) is 13.7. The van der Waals surface area contributed by atoms with E-state index in [9.17, 15) is 0 Å². The molecule has 1 aromatic carbocycles. The van der Waals surface area contributed by atoms with Gasteiger partial charge in [-0.3, -0.25) is 4.99 Å². The van der Waals surface area contributed by atoms with Crippen LogP contribution in [0.15, 0.2) is 47.1 Å². The lowest BCUT2D eigenvalue weighted by molar-refractivity contribution is 0.844. The molecular weight excluding hydrogens is 220 g/mol. The van der Waals surface area contributed by atoms with E-state index in [0.29, 0.717) is 0 Å². The summed E-state index contributed by atoms with van der Waals surface area (Å²) in [5.74, 6) is 0. The maximum Gasteiger partial charge on any atom is 0.0529 e. The zero-order valence-corrected chi connectivity index (χ0v) is 12.3. The van der Waals surface area contributed by atoms with E-state index in [0.717, 1.165) is 17.0 Å². The smallest absolute Gasteiger partial charge is 0.0529 e. The van der Waals surface area contributed by atoms with Crippen molar-refractivity contribution in [1.29, 1.82) is 0 Å². The number of hydrogen-bond acceptors (Lipinski definition) is 2. The largest absolute Gasteiger partial charge is 0.323 e. The number of nitrogens with zero attached hydrogens (tertiary/aromatic N) is 1. The van der Waals surface area contributed by atoms with Gasteiger partial charge in [-0.15, -0.1) is 0 Å². The quantitative estimate of drug-likeness (QED) is 0.799. The van der Waals surface area contributed by atoms with E-state index in [-0.39, 0.29) is 6.04 Å². The second-order valence-electron chi connectivity index (χ2n) is 4.27. The van der Waals surface area contributed by atoms with E-state index in [4.69, 9.17) is 5.73 Å². The fourth-order valence-electron chi connectivity index (χ4n) is 1.37. The van der Waals surface area contributed by atoms with E-state index in [1.54, 1.807) is 0 Å². The number of allylic oxidation sites excluding steroid dienone is 1. The second-order valence-corrected chi connectivity index (χ2v) is 4.27. The van der Waals surface area contributed by atoms with Crippen LogP contribution in [-0.4, -0.2) is 11.8 Å². The summed E-state index contributed by atoms with van der Waals surface area (Å²) >= 11 is 0. The van der Waals surface area contributed by atoms with E-state index in [1.807, 2.05) is 57.2 Å². The molecule has 0 radical (unpaired) electrons. The number of aliphatic imine (C=N–C) groups is 1. The van der Waals surface area contributed by atoms with Gasteiger partial charge in [0.2, 0.25) is 0 Å². The Morgan fingerprint density at radius 2 is 1.78 bits per heavy atom. The molecule has 0 aromatic heterocycles. The lowest BCUT2D eigenvalue weighted by Gasteiger charge is -2.07. The number of benzene rings is 1. The Hall–Kier alpha value is -1.41. The van der Waals surface area contributed by atoms with Crippen LogP contribution in [-0.2, 0) is 0 Å². The molecule has 2 N–H and O–H groups in total. The number of hydrogen-bond donors (Lipinski definition) is 1. The Morgan fingerprint density at radius 3 is 2.17 bits per heavy atom. The second kappa shape index (κ2) is 9.60. The van der Waals surface area contributed by atoms with Gasteiger partial charge in [-0.1, -0.05) is 56.7 Å². The average molecular weight is 246 g/mol. The lowest BCUT2D eigenvalue weighted by atomic mass is 10.1. The molecule has 0 aliphatic rings. The summed E-state index contributed by atoms with van der Waals surface area (Å²) in [6.45, 7) is 10.2. The van der Waals surface area contributed by atoms with Gasteiger partial charge in [0.25, 0.3) is 0 Å². The molecule has 1 unspecified atom stereocenters. The topological polar surface area (TPSA) is 38.4 Å². The van der Waals surface area contributed by atoms with Crippen molar-refractivity contribution in [3.05, 3.63) is 47.7 Å². The highest BCUT2D eigenvalue weighted by Crippen LogP contribution is 2.07. The first-order valence-electron chi connectivity index (χ1n) is 6.59. The number of rotatable bonds is 3. The molecule has 18 heavy (non-hydrogen) atoms. The Balaban J connectivity index is 0.000000873. The maximum atomic E-state index is 5.80. The highest BCUT2D eigenvalue weighted by atomic mass is 14.8. The monoisotopic (exact) mass is 246 g/mol. The Labute approximate surface area is 112 Å². The van der Waals surface area contributed by atoms with E-state index < -0.39 is 0 Å². The zero-order valence-electron chi connectivity index (χ0n) is 12.3. The van der Waals surface area contributed by atoms with Gasteiger partial charge in [0, 0.05) is 11.8 Å². The molecule has 0 saturated heterocycles. The minimum absolute atomic E-state index is 0.0198. The third kappa shape index (κ3) is 6.36. The van der Waals surface area contributed by atoms with Crippen molar-refractivity contribution in [2.75, 3.05) is 0 Å². The summed E-state index contributed by atoms with van der Waals surface area (Å²) in [6.07, 6.45) is 3.21. The van der Waals surface area contributed by atoms with E-state index in [2.05, 4.69) is 18.8 Å². The van der Waals surface area contributed by atoms with Crippen LogP contribution in [0.3, 0.4) is 0 Å². The highest BCUT2D eigenvalue weighted by molar-refractivity contribution is 5.99. The van der Waals surface area contributed by atoms with Gasteiger partial charge in [-0.25, -0.2) is 0 Å². The molecule has 0 spiro atoms. The standard InChI is InChI=1S/C13H18N2.C3H8/c1-4-13(10(2)14)15-11(3)12-8-6-5-7-9-12;1-3-2/h4-10H,14H2,1-3H3;3H2,1-2H3/b13-4-,15-11?;. The molecule has 0 aliphatic heterocycles. The molecule has 0 amide bonds. The lowest BCUT2D eigenvalue weighted by Crippen LogP contribution is -2.17. The third-order valence-electron chi connectivity index (χ3n) is 2.25. The summed E-state index contributed by atoms with van der Waals surface area (Å²) in [5.41, 5.74) is 8.86. The van der Waals surface area contributed by atoms with Gasteiger partial charge >= 0.3 is 0 Å². The van der Waals surface area contributed by atoms with Crippen LogP contribution in [0.4, 0.5) is 0 Å². The predicted octanol–water partition coefficient (Wildman–Crippen LogP) is 4.16. The summed E-state index contributed by atoms with van der Waals surface area (Å²) in [5, 5.41) is 0. The summed E-state index contributed by atoms with van der Waals surface area (Å²) in [4.78, 5) is 4.52. The molecule has 0 heterocycles. The van der Waals surface area contributed by atoms with Crippen LogP contribution >= 0.6 is 0 Å². The first-order valence-corrected chi connectivity index (χ1v) is 6.59. The molecule has 0 bridgehead atoms. The van der Waals surface area contributed by atoms with Crippen LogP contribution < -0.4 is 5.73 Å². The van der Waals surface area contributed by atoms with Gasteiger partial charge in [-0.05, 0) is 26.3 Å². The Bertz CT molecular complexity index is 375. The van der Waals surface area contributed by atoms with E-state index >= 15 is 0 Å². The summed E-state index contributed by atoms with van der Waals surface area (Å²) in [6, 6.07) is 10.1. The molecule has 100 valence electrons. The molecule has 2 heteroatoms. The van der Waals surface area contributed by atoms with Crippen LogP contribution in [0.1, 0.15) is 46.6 Å². The number of nitrogens with two attached hydrogens (primary N) is 1. The molecule has 2 nitrogen and oxygen atoms in total. The minimum Gasteiger partial charge on any atom is -0.323 e. The molecule has 1 atom stereocenters. The SMILES string of the molecule is C/C=C(\N=C(C)c1ccccc1)C(C)N.CCC. The van der Waals surface area contributed by atoms with Crippen LogP contribution in [0, 0.1) is 0 Å². The summed E-state index contributed by atoms with van der Waals surface area (Å²) < 4.78 is 0. The first kappa shape index (κ1) is 16.6. The Kier molecular flexibility index (Phi) is 8.85. The highest BCUT2D eigenvalue weighted by Gasteiger charge is 2.02. The summed E-state index contributed by atoms with van der Waals surface area (Å²) in [7, 11) is 0. The average Bonchev–Trinajstić information content (AvgIpc) is 2.37. The fraction of sp³-hybridized carbons (Fsp3) is 0.438. The minimum atomic E-state index is -0.0198. The van der Waals surface area contributed by atoms with Crippen LogP contribution in [0.5, 0.6) is 0 Å². The molecule has 1 aromatic rings. The van der Waals surface area contributed by atoms with Crippen molar-refractivity contribution >= 4 is 5.71 Å². The molecular formula is C16H26N2. The van der Waals surface area contributed by atoms with Crippen molar-refractivity contribution < 1.29 is 0 Å². The van der Waals surface area contributed by atoms with Gasteiger partial charge in [-0.2, -0.15) is 0 Å². The van der Waals surface area contributed by atoms with Crippen molar-refractivity contribution in [3.8, 4) is 0 Å². The van der Waals surface area contributed by atoms with E-state index in [1.165, 1.54) is 6.42 Å². The molecule has 0 fully saturated rings.